The number of fused-ring (bicyclic) bond motifs is 1. The van der Waals surface area contributed by atoms with Gasteiger partial charge in [0.05, 0.1) is 5.56 Å². The Balaban J connectivity index is 1.81. The summed E-state index contributed by atoms with van der Waals surface area (Å²) in [6.07, 6.45) is 1.83. The fourth-order valence-electron chi connectivity index (χ4n) is 3.09. The minimum absolute atomic E-state index is 0.157. The maximum Gasteiger partial charge on any atom is 0.340 e. The highest BCUT2D eigenvalue weighted by Gasteiger charge is 2.46. The Hall–Kier alpha value is -2.37. The number of carbonyl (C=O) groups is 3. The molecule has 23 heavy (non-hydrogen) atoms. The van der Waals surface area contributed by atoms with Gasteiger partial charge < -0.3 is 10.1 Å². The van der Waals surface area contributed by atoms with Gasteiger partial charge in [-0.25, -0.2) is 4.79 Å². The van der Waals surface area contributed by atoms with Crippen molar-refractivity contribution in [2.45, 2.75) is 44.9 Å². The van der Waals surface area contributed by atoms with Gasteiger partial charge in [-0.1, -0.05) is 31.5 Å². The lowest BCUT2D eigenvalue weighted by atomic mass is 10.1. The third-order valence-electron chi connectivity index (χ3n) is 4.31. The van der Waals surface area contributed by atoms with Crippen LogP contribution in [0.5, 0.6) is 0 Å². The van der Waals surface area contributed by atoms with E-state index in [1.807, 2.05) is 6.92 Å². The molecule has 1 N–H and O–H groups in total. The molecule has 0 saturated carbocycles. The predicted molar refractivity (Wildman–Crippen MR) is 82.4 cm³/mol. The van der Waals surface area contributed by atoms with Crippen molar-refractivity contribution in [3.8, 4) is 0 Å². The summed E-state index contributed by atoms with van der Waals surface area (Å²) in [6.45, 7) is 2.64. The summed E-state index contributed by atoms with van der Waals surface area (Å²) in [4.78, 5) is 38.0. The zero-order chi connectivity index (χ0) is 16.4. The Labute approximate surface area is 134 Å². The standard InChI is InChI=1S/C17H20N2O4/c1-2-3-10-18-15(21)13-8-9-14(20)19(13)16-11-6-4-5-7-12(11)17(22)23-16/h4-7,13,16H,2-3,8-10H2,1H3,(H,18,21). The van der Waals surface area contributed by atoms with Crippen molar-refractivity contribution in [2.24, 2.45) is 0 Å². The van der Waals surface area contributed by atoms with Crippen molar-refractivity contribution < 1.29 is 19.1 Å². The summed E-state index contributed by atoms with van der Waals surface area (Å²) in [5.74, 6) is -0.782. The summed E-state index contributed by atoms with van der Waals surface area (Å²) in [5.41, 5.74) is 1.11. The molecule has 2 atom stereocenters. The first-order chi connectivity index (χ1) is 11.1. The van der Waals surface area contributed by atoms with Crippen molar-refractivity contribution in [3.63, 3.8) is 0 Å². The first kappa shape index (κ1) is 15.5. The highest BCUT2D eigenvalue weighted by molar-refractivity contribution is 5.96. The highest BCUT2D eigenvalue weighted by Crippen LogP contribution is 2.38. The van der Waals surface area contributed by atoms with Crippen molar-refractivity contribution in [2.75, 3.05) is 6.54 Å². The predicted octanol–water partition coefficient (Wildman–Crippen LogP) is 1.76. The number of carbonyl (C=O) groups excluding carboxylic acids is 3. The number of nitrogens with one attached hydrogen (secondary N) is 1. The van der Waals surface area contributed by atoms with Crippen molar-refractivity contribution >= 4 is 17.8 Å². The Bertz CT molecular complexity index is 643. The maximum atomic E-state index is 12.4. The van der Waals surface area contributed by atoms with E-state index in [1.165, 1.54) is 4.90 Å². The molecule has 6 heteroatoms. The van der Waals surface area contributed by atoms with Crippen LogP contribution in [0.2, 0.25) is 0 Å². The lowest BCUT2D eigenvalue weighted by molar-refractivity contribution is -0.145. The molecule has 2 unspecified atom stereocenters. The molecule has 2 heterocycles. The van der Waals surface area contributed by atoms with Gasteiger partial charge in [0.25, 0.3) is 0 Å². The van der Waals surface area contributed by atoms with E-state index in [2.05, 4.69) is 5.32 Å². The second kappa shape index (κ2) is 6.40. The molecule has 1 fully saturated rings. The zero-order valence-electron chi connectivity index (χ0n) is 13.1. The molecular formula is C17H20N2O4. The number of amides is 2. The average molecular weight is 316 g/mol. The summed E-state index contributed by atoms with van der Waals surface area (Å²) < 4.78 is 5.38. The maximum absolute atomic E-state index is 12.4. The van der Waals surface area contributed by atoms with Crippen LogP contribution in [0.1, 0.15) is 54.8 Å². The van der Waals surface area contributed by atoms with Crippen LogP contribution in [0, 0.1) is 0 Å². The fourth-order valence-corrected chi connectivity index (χ4v) is 3.09. The Kier molecular flexibility index (Phi) is 4.32. The number of hydrogen-bond donors (Lipinski definition) is 1. The van der Waals surface area contributed by atoms with E-state index in [1.54, 1.807) is 24.3 Å². The normalized spacial score (nSPS) is 22.9. The van der Waals surface area contributed by atoms with Crippen LogP contribution in [0.15, 0.2) is 24.3 Å². The van der Waals surface area contributed by atoms with Crippen LogP contribution in [0.25, 0.3) is 0 Å². The smallest absolute Gasteiger partial charge is 0.340 e. The summed E-state index contributed by atoms with van der Waals surface area (Å²) >= 11 is 0. The Morgan fingerprint density at radius 1 is 1.35 bits per heavy atom. The van der Waals surface area contributed by atoms with Gasteiger partial charge in [0.1, 0.15) is 6.04 Å². The molecule has 0 bridgehead atoms. The molecule has 122 valence electrons. The molecule has 0 spiro atoms. The van der Waals surface area contributed by atoms with Gasteiger partial charge in [-0.05, 0) is 18.9 Å². The number of esters is 1. The number of rotatable bonds is 5. The lowest BCUT2D eigenvalue weighted by Gasteiger charge is -2.29. The number of unbranched alkanes of at least 4 members (excludes halogenated alkanes) is 1. The molecule has 2 aliphatic rings. The largest absolute Gasteiger partial charge is 0.433 e. The highest BCUT2D eigenvalue weighted by atomic mass is 16.6. The topological polar surface area (TPSA) is 75.7 Å². The van der Waals surface area contributed by atoms with Gasteiger partial charge in [0.15, 0.2) is 0 Å². The molecule has 0 aliphatic carbocycles. The summed E-state index contributed by atoms with van der Waals surface area (Å²) in [6, 6.07) is 6.41. The second-order valence-corrected chi connectivity index (χ2v) is 5.84. The first-order valence-corrected chi connectivity index (χ1v) is 8.02. The zero-order valence-corrected chi connectivity index (χ0v) is 13.1. The quantitative estimate of drug-likeness (QED) is 0.663. The van der Waals surface area contributed by atoms with Crippen LogP contribution in [0.4, 0.5) is 0 Å². The van der Waals surface area contributed by atoms with Crippen LogP contribution < -0.4 is 5.32 Å². The molecule has 1 aromatic carbocycles. The van der Waals surface area contributed by atoms with Gasteiger partial charge in [-0.15, -0.1) is 0 Å². The summed E-state index contributed by atoms with van der Waals surface area (Å²) in [5, 5.41) is 2.86. The van der Waals surface area contributed by atoms with Crippen molar-refractivity contribution in [1.29, 1.82) is 0 Å². The molecule has 1 aromatic rings. The fraction of sp³-hybridized carbons (Fsp3) is 0.471. The van der Waals surface area contributed by atoms with E-state index in [4.69, 9.17) is 4.74 Å². The molecule has 0 radical (unpaired) electrons. The van der Waals surface area contributed by atoms with Crippen LogP contribution in [-0.4, -0.2) is 35.3 Å². The minimum Gasteiger partial charge on any atom is -0.433 e. The molecular weight excluding hydrogens is 296 g/mol. The van der Waals surface area contributed by atoms with E-state index in [0.29, 0.717) is 30.5 Å². The molecule has 2 aliphatic heterocycles. The van der Waals surface area contributed by atoms with E-state index < -0.39 is 18.2 Å². The Morgan fingerprint density at radius 3 is 2.91 bits per heavy atom. The number of cyclic esters (lactones) is 1. The number of hydrogen-bond acceptors (Lipinski definition) is 4. The molecule has 2 amide bonds. The third kappa shape index (κ3) is 2.81. The molecule has 3 rings (SSSR count). The number of ether oxygens (including phenoxy) is 1. The van der Waals surface area contributed by atoms with Crippen molar-refractivity contribution in [1.82, 2.24) is 10.2 Å². The lowest BCUT2D eigenvalue weighted by Crippen LogP contribution is -2.46. The molecule has 6 nitrogen and oxygen atoms in total. The summed E-state index contributed by atoms with van der Waals surface area (Å²) in [7, 11) is 0. The number of benzene rings is 1. The monoisotopic (exact) mass is 316 g/mol. The van der Waals surface area contributed by atoms with E-state index in [-0.39, 0.29) is 11.8 Å². The van der Waals surface area contributed by atoms with Gasteiger partial charge >= 0.3 is 5.97 Å². The van der Waals surface area contributed by atoms with Gasteiger partial charge in [0.2, 0.25) is 18.0 Å². The van der Waals surface area contributed by atoms with Crippen LogP contribution in [-0.2, 0) is 14.3 Å². The first-order valence-electron chi connectivity index (χ1n) is 8.02. The number of nitrogens with zero attached hydrogens (tertiary/aromatic N) is 1. The number of likely N-dealkylation sites (tertiary alicyclic amines) is 1. The Morgan fingerprint density at radius 2 is 2.13 bits per heavy atom. The van der Waals surface area contributed by atoms with E-state index >= 15 is 0 Å². The van der Waals surface area contributed by atoms with Crippen LogP contribution >= 0.6 is 0 Å². The van der Waals surface area contributed by atoms with E-state index in [9.17, 15) is 14.4 Å². The van der Waals surface area contributed by atoms with Gasteiger partial charge in [-0.2, -0.15) is 0 Å². The minimum atomic E-state index is -0.796. The second-order valence-electron chi connectivity index (χ2n) is 5.84. The third-order valence-corrected chi connectivity index (χ3v) is 4.31. The van der Waals surface area contributed by atoms with Crippen LogP contribution in [0.3, 0.4) is 0 Å². The SMILES string of the molecule is CCCCNC(=O)C1CCC(=O)N1C1OC(=O)c2ccccc21. The van der Waals surface area contributed by atoms with Gasteiger partial charge in [0, 0.05) is 18.5 Å². The van der Waals surface area contributed by atoms with E-state index in [0.717, 1.165) is 12.8 Å². The molecule has 0 aromatic heterocycles. The average Bonchev–Trinajstić information content (AvgIpc) is 3.08. The van der Waals surface area contributed by atoms with Crippen molar-refractivity contribution in [3.05, 3.63) is 35.4 Å². The van der Waals surface area contributed by atoms with Gasteiger partial charge in [-0.3, -0.25) is 14.5 Å². The molecule has 1 saturated heterocycles.